The topological polar surface area (TPSA) is 46.9 Å². The lowest BCUT2D eigenvalue weighted by molar-refractivity contribution is -0.116. The van der Waals surface area contributed by atoms with Crippen LogP contribution in [0.15, 0.2) is 42.5 Å². The third kappa shape index (κ3) is 3.43. The Labute approximate surface area is 148 Å². The number of imidazole rings is 1. The molecule has 3 rings (SSSR count). The summed E-state index contributed by atoms with van der Waals surface area (Å²) >= 11 is 0. The van der Waals surface area contributed by atoms with Crippen molar-refractivity contribution >= 4 is 22.6 Å². The number of amides is 1. The molecule has 0 saturated carbocycles. The minimum Gasteiger partial charge on any atom is -0.324 e. The Morgan fingerprint density at radius 3 is 2.28 bits per heavy atom. The van der Waals surface area contributed by atoms with Crippen molar-refractivity contribution in [3.05, 3.63) is 59.4 Å². The van der Waals surface area contributed by atoms with E-state index in [-0.39, 0.29) is 12.5 Å². The molecule has 0 aliphatic heterocycles. The molecule has 0 radical (unpaired) electrons. The van der Waals surface area contributed by atoms with Crippen molar-refractivity contribution in [2.24, 2.45) is 0 Å². The summed E-state index contributed by atoms with van der Waals surface area (Å²) in [4.78, 5) is 17.4. The molecule has 1 amide bonds. The molecule has 0 bridgehead atoms. The Balaban J connectivity index is 1.89. The first-order chi connectivity index (χ1) is 12.2. The molecule has 1 aromatic heterocycles. The number of hydrogen-bond donors (Lipinski definition) is 1. The Hall–Kier alpha value is -2.62. The van der Waals surface area contributed by atoms with Crippen LogP contribution >= 0.6 is 0 Å². The number of carbonyl (C=O) groups excluding carboxylic acids is 1. The standard InChI is InChI=1S/C21H25N3O/c1-4-15-10-9-11-16(5-2)21(15)23-20(25)14-24-18-13-8-7-12-17(18)22-19(24)6-3/h7-13H,4-6,14H2,1-3H3,(H,23,25). The van der Waals surface area contributed by atoms with E-state index in [9.17, 15) is 4.79 Å². The van der Waals surface area contributed by atoms with E-state index < -0.39 is 0 Å². The summed E-state index contributed by atoms with van der Waals surface area (Å²) in [6, 6.07) is 14.2. The predicted octanol–water partition coefficient (Wildman–Crippen LogP) is 4.36. The number of nitrogens with one attached hydrogen (secondary N) is 1. The normalized spacial score (nSPS) is 11.0. The fraction of sp³-hybridized carbons (Fsp3) is 0.333. The van der Waals surface area contributed by atoms with E-state index in [1.165, 1.54) is 11.1 Å². The molecule has 1 heterocycles. The van der Waals surface area contributed by atoms with Crippen LogP contribution in [0.25, 0.3) is 11.0 Å². The van der Waals surface area contributed by atoms with Crippen LogP contribution in [-0.2, 0) is 30.6 Å². The molecule has 25 heavy (non-hydrogen) atoms. The van der Waals surface area contributed by atoms with E-state index in [1.807, 2.05) is 28.8 Å². The molecule has 0 saturated heterocycles. The zero-order chi connectivity index (χ0) is 17.8. The molecule has 0 spiro atoms. The summed E-state index contributed by atoms with van der Waals surface area (Å²) in [5.74, 6) is 0.935. The Morgan fingerprint density at radius 2 is 1.64 bits per heavy atom. The highest BCUT2D eigenvalue weighted by Gasteiger charge is 2.14. The first-order valence-corrected chi connectivity index (χ1v) is 9.02. The quantitative estimate of drug-likeness (QED) is 0.727. The third-order valence-electron chi connectivity index (χ3n) is 4.61. The van der Waals surface area contributed by atoms with Crippen molar-refractivity contribution in [2.75, 3.05) is 5.32 Å². The van der Waals surface area contributed by atoms with Gasteiger partial charge in [-0.2, -0.15) is 0 Å². The first-order valence-electron chi connectivity index (χ1n) is 9.02. The van der Waals surface area contributed by atoms with E-state index in [0.29, 0.717) is 0 Å². The van der Waals surface area contributed by atoms with Crippen molar-refractivity contribution in [3.63, 3.8) is 0 Å². The molecular formula is C21H25N3O. The number of carbonyl (C=O) groups is 1. The number of rotatable bonds is 6. The molecule has 0 fully saturated rings. The fourth-order valence-electron chi connectivity index (χ4n) is 3.30. The zero-order valence-corrected chi connectivity index (χ0v) is 15.2. The molecule has 4 heteroatoms. The second-order valence-electron chi connectivity index (χ2n) is 6.16. The number of fused-ring (bicyclic) bond motifs is 1. The number of hydrogen-bond acceptors (Lipinski definition) is 2. The molecule has 0 atom stereocenters. The Bertz CT molecular complexity index is 873. The van der Waals surface area contributed by atoms with Crippen LogP contribution in [0.5, 0.6) is 0 Å². The summed E-state index contributed by atoms with van der Waals surface area (Å²) in [5.41, 5.74) is 5.28. The van der Waals surface area contributed by atoms with Crippen LogP contribution in [-0.4, -0.2) is 15.5 Å². The lowest BCUT2D eigenvalue weighted by atomic mass is 10.0. The van der Waals surface area contributed by atoms with Gasteiger partial charge in [0.05, 0.1) is 11.0 Å². The summed E-state index contributed by atoms with van der Waals surface area (Å²) < 4.78 is 2.02. The van der Waals surface area contributed by atoms with Gasteiger partial charge in [0, 0.05) is 12.1 Å². The van der Waals surface area contributed by atoms with Crippen molar-refractivity contribution in [3.8, 4) is 0 Å². The number of anilines is 1. The predicted molar refractivity (Wildman–Crippen MR) is 103 cm³/mol. The molecule has 0 unspecified atom stereocenters. The van der Waals surface area contributed by atoms with Gasteiger partial charge < -0.3 is 9.88 Å². The summed E-state index contributed by atoms with van der Waals surface area (Å²) in [5, 5.41) is 3.15. The van der Waals surface area contributed by atoms with Crippen LogP contribution in [0.2, 0.25) is 0 Å². The lowest BCUT2D eigenvalue weighted by Gasteiger charge is -2.15. The van der Waals surface area contributed by atoms with Gasteiger partial charge >= 0.3 is 0 Å². The summed E-state index contributed by atoms with van der Waals surface area (Å²) in [6.07, 6.45) is 2.60. The van der Waals surface area contributed by atoms with Gasteiger partial charge in [0.1, 0.15) is 12.4 Å². The largest absolute Gasteiger partial charge is 0.324 e. The second-order valence-corrected chi connectivity index (χ2v) is 6.16. The molecule has 0 aliphatic carbocycles. The average molecular weight is 335 g/mol. The van der Waals surface area contributed by atoms with Crippen molar-refractivity contribution in [1.82, 2.24) is 9.55 Å². The minimum atomic E-state index is -0.00606. The monoisotopic (exact) mass is 335 g/mol. The smallest absolute Gasteiger partial charge is 0.244 e. The van der Waals surface area contributed by atoms with Gasteiger partial charge in [-0.15, -0.1) is 0 Å². The molecular weight excluding hydrogens is 310 g/mol. The number of aryl methyl sites for hydroxylation is 3. The number of aromatic nitrogens is 2. The van der Waals surface area contributed by atoms with Crippen molar-refractivity contribution in [2.45, 2.75) is 46.6 Å². The molecule has 2 aromatic carbocycles. The van der Waals surface area contributed by atoms with Gasteiger partial charge in [0.15, 0.2) is 0 Å². The van der Waals surface area contributed by atoms with Crippen LogP contribution in [0.1, 0.15) is 37.7 Å². The van der Waals surface area contributed by atoms with E-state index in [2.05, 4.69) is 49.3 Å². The maximum Gasteiger partial charge on any atom is 0.244 e. The van der Waals surface area contributed by atoms with Crippen LogP contribution in [0.3, 0.4) is 0 Å². The van der Waals surface area contributed by atoms with Crippen LogP contribution in [0, 0.1) is 0 Å². The highest BCUT2D eigenvalue weighted by Crippen LogP contribution is 2.23. The highest BCUT2D eigenvalue weighted by molar-refractivity contribution is 5.93. The first kappa shape index (κ1) is 17.2. The van der Waals surface area contributed by atoms with Gasteiger partial charge in [0.25, 0.3) is 0 Å². The van der Waals surface area contributed by atoms with Crippen LogP contribution < -0.4 is 5.32 Å². The maximum absolute atomic E-state index is 12.8. The summed E-state index contributed by atoms with van der Waals surface area (Å²) in [6.45, 7) is 6.58. The average Bonchev–Trinajstić information content (AvgIpc) is 2.99. The maximum atomic E-state index is 12.8. The Kier molecular flexibility index (Phi) is 5.17. The van der Waals surface area contributed by atoms with Gasteiger partial charge in [-0.25, -0.2) is 4.98 Å². The van der Waals surface area contributed by atoms with Gasteiger partial charge in [-0.1, -0.05) is 51.1 Å². The molecule has 130 valence electrons. The van der Waals surface area contributed by atoms with Crippen molar-refractivity contribution < 1.29 is 4.79 Å². The van der Waals surface area contributed by atoms with Gasteiger partial charge in [-0.3, -0.25) is 4.79 Å². The van der Waals surface area contributed by atoms with Crippen LogP contribution in [0.4, 0.5) is 5.69 Å². The molecule has 1 N–H and O–H groups in total. The van der Waals surface area contributed by atoms with Crippen molar-refractivity contribution in [1.29, 1.82) is 0 Å². The second kappa shape index (κ2) is 7.51. The van der Waals surface area contributed by atoms with Gasteiger partial charge in [0.2, 0.25) is 5.91 Å². The van der Waals surface area contributed by atoms with E-state index >= 15 is 0 Å². The van der Waals surface area contributed by atoms with Gasteiger partial charge in [-0.05, 0) is 36.1 Å². The highest BCUT2D eigenvalue weighted by atomic mass is 16.1. The zero-order valence-electron chi connectivity index (χ0n) is 15.2. The van der Waals surface area contributed by atoms with E-state index in [0.717, 1.165) is 41.8 Å². The number of para-hydroxylation sites is 3. The van der Waals surface area contributed by atoms with E-state index in [4.69, 9.17) is 0 Å². The number of nitrogens with zero attached hydrogens (tertiary/aromatic N) is 2. The molecule has 4 nitrogen and oxygen atoms in total. The number of benzene rings is 2. The molecule has 0 aliphatic rings. The third-order valence-corrected chi connectivity index (χ3v) is 4.61. The molecule has 3 aromatic rings. The SMILES string of the molecule is CCc1cccc(CC)c1NC(=O)Cn1c(CC)nc2ccccc21. The summed E-state index contributed by atoms with van der Waals surface area (Å²) in [7, 11) is 0. The minimum absolute atomic E-state index is 0.00606. The fourth-order valence-corrected chi connectivity index (χ4v) is 3.30. The van der Waals surface area contributed by atoms with E-state index in [1.54, 1.807) is 0 Å². The lowest BCUT2D eigenvalue weighted by Crippen LogP contribution is -2.21. The Morgan fingerprint density at radius 1 is 0.960 bits per heavy atom.